The predicted octanol–water partition coefficient (Wildman–Crippen LogP) is 3.63. The normalized spacial score (nSPS) is 34.6. The van der Waals surface area contributed by atoms with Gasteiger partial charge in [0.15, 0.2) is 0 Å². The van der Waals surface area contributed by atoms with Crippen molar-refractivity contribution in [2.45, 2.75) is 58.3 Å². The minimum absolute atomic E-state index is 0.126. The van der Waals surface area contributed by atoms with Crippen LogP contribution in [0.15, 0.2) is 30.3 Å². The number of nitrogens with two attached hydrogens (primary N) is 1. The number of nitrogens with one attached hydrogen (secondary N) is 1. The van der Waals surface area contributed by atoms with E-state index < -0.39 is 0 Å². The zero-order valence-electron chi connectivity index (χ0n) is 15.4. The molecule has 2 fully saturated rings. The summed E-state index contributed by atoms with van der Waals surface area (Å²) in [6.45, 7) is 8.04. The van der Waals surface area contributed by atoms with Gasteiger partial charge < -0.3 is 11.1 Å². The maximum atomic E-state index is 12.9. The maximum absolute atomic E-state index is 12.9. The summed E-state index contributed by atoms with van der Waals surface area (Å²) in [6.07, 6.45) is 5.56. The minimum atomic E-state index is -0.287. The molecule has 2 saturated carbocycles. The second-order valence-electron chi connectivity index (χ2n) is 9.25. The van der Waals surface area contributed by atoms with E-state index in [4.69, 9.17) is 5.73 Å². The smallest absolute Gasteiger partial charge is 0.226 e. The molecule has 3 atom stereocenters. The van der Waals surface area contributed by atoms with Crippen molar-refractivity contribution >= 4 is 5.91 Å². The molecule has 3 nitrogen and oxygen atoms in total. The Bertz CT molecular complexity index is 597. The van der Waals surface area contributed by atoms with Crippen molar-refractivity contribution in [3.63, 3.8) is 0 Å². The number of hydrogen-bond donors (Lipinski definition) is 2. The molecule has 0 radical (unpaired) electrons. The summed E-state index contributed by atoms with van der Waals surface area (Å²) in [6, 6.07) is 10.9. The summed E-state index contributed by atoms with van der Waals surface area (Å²) in [5.74, 6) is 0.814. The summed E-state index contributed by atoms with van der Waals surface area (Å²) in [4.78, 5) is 12.9. The third-order valence-corrected chi connectivity index (χ3v) is 6.17. The Morgan fingerprint density at radius 2 is 1.83 bits per heavy atom. The van der Waals surface area contributed by atoms with Crippen molar-refractivity contribution in [1.82, 2.24) is 5.32 Å². The van der Waals surface area contributed by atoms with Crippen molar-refractivity contribution in [3.05, 3.63) is 35.9 Å². The van der Waals surface area contributed by atoms with Crippen LogP contribution in [0.2, 0.25) is 0 Å². The molecule has 0 saturated heterocycles. The van der Waals surface area contributed by atoms with Crippen LogP contribution in [0.3, 0.4) is 0 Å². The number of carbonyl (C=O) groups excluding carboxylic acids is 1. The van der Waals surface area contributed by atoms with Crippen LogP contribution in [0.5, 0.6) is 0 Å². The number of carbonyl (C=O) groups is 1. The van der Waals surface area contributed by atoms with Crippen LogP contribution in [-0.2, 0) is 10.2 Å². The first-order valence-electron chi connectivity index (χ1n) is 9.33. The van der Waals surface area contributed by atoms with Gasteiger partial charge in [0.25, 0.3) is 0 Å². The molecule has 3 rings (SSSR count). The van der Waals surface area contributed by atoms with Gasteiger partial charge in [-0.25, -0.2) is 0 Å². The van der Waals surface area contributed by atoms with Gasteiger partial charge in [-0.3, -0.25) is 4.79 Å². The predicted molar refractivity (Wildman–Crippen MR) is 98.6 cm³/mol. The second kappa shape index (κ2) is 6.18. The highest BCUT2D eigenvalue weighted by Gasteiger charge is 2.55. The molecule has 1 aromatic carbocycles. The fourth-order valence-electron chi connectivity index (χ4n) is 5.89. The van der Waals surface area contributed by atoms with E-state index in [0.29, 0.717) is 24.4 Å². The van der Waals surface area contributed by atoms with Gasteiger partial charge in [-0.05, 0) is 54.4 Å². The molecule has 0 spiro atoms. The molecule has 24 heavy (non-hydrogen) atoms. The molecular formula is C21H32N2O. The highest BCUT2D eigenvalue weighted by atomic mass is 16.2. The average molecular weight is 329 g/mol. The molecule has 132 valence electrons. The summed E-state index contributed by atoms with van der Waals surface area (Å²) < 4.78 is 0. The molecular weight excluding hydrogens is 296 g/mol. The van der Waals surface area contributed by atoms with Gasteiger partial charge in [-0.1, -0.05) is 51.1 Å². The van der Waals surface area contributed by atoms with Gasteiger partial charge in [-0.2, -0.15) is 0 Å². The Kier molecular flexibility index (Phi) is 4.50. The first kappa shape index (κ1) is 17.5. The van der Waals surface area contributed by atoms with E-state index in [1.54, 1.807) is 0 Å². The number of fused-ring (bicyclic) bond motifs is 2. The zero-order valence-corrected chi connectivity index (χ0v) is 15.4. The maximum Gasteiger partial charge on any atom is 0.226 e. The van der Waals surface area contributed by atoms with Crippen molar-refractivity contribution in [2.24, 2.45) is 22.5 Å². The number of benzene rings is 1. The average Bonchev–Trinajstić information content (AvgIpc) is 2.51. The Morgan fingerprint density at radius 3 is 2.50 bits per heavy atom. The molecule has 3 heteroatoms. The van der Waals surface area contributed by atoms with E-state index in [-0.39, 0.29) is 16.7 Å². The first-order chi connectivity index (χ1) is 11.3. The van der Waals surface area contributed by atoms with Gasteiger partial charge in [0, 0.05) is 18.5 Å². The van der Waals surface area contributed by atoms with Crippen LogP contribution in [0.4, 0.5) is 0 Å². The summed E-state index contributed by atoms with van der Waals surface area (Å²) in [5.41, 5.74) is 7.18. The molecule has 0 heterocycles. The molecule has 2 aliphatic carbocycles. The van der Waals surface area contributed by atoms with E-state index in [1.807, 2.05) is 0 Å². The lowest BCUT2D eigenvalue weighted by molar-refractivity contribution is -0.137. The second-order valence-corrected chi connectivity index (χ2v) is 9.25. The van der Waals surface area contributed by atoms with Crippen molar-refractivity contribution < 1.29 is 4.79 Å². The quantitative estimate of drug-likeness (QED) is 0.887. The number of amides is 1. The van der Waals surface area contributed by atoms with Crippen molar-refractivity contribution in [1.29, 1.82) is 0 Å². The van der Waals surface area contributed by atoms with Crippen LogP contribution in [0, 0.1) is 16.7 Å². The van der Waals surface area contributed by atoms with Crippen LogP contribution < -0.4 is 11.1 Å². The molecule has 2 aliphatic rings. The largest absolute Gasteiger partial charge is 0.354 e. The first-order valence-corrected chi connectivity index (χ1v) is 9.33. The molecule has 2 bridgehead atoms. The zero-order chi connectivity index (χ0) is 17.4. The topological polar surface area (TPSA) is 55.1 Å². The molecule has 3 unspecified atom stereocenters. The van der Waals surface area contributed by atoms with E-state index in [9.17, 15) is 4.79 Å². The molecule has 0 aliphatic heterocycles. The fourth-order valence-corrected chi connectivity index (χ4v) is 5.89. The van der Waals surface area contributed by atoms with Gasteiger partial charge in [-0.15, -0.1) is 0 Å². The molecule has 1 amide bonds. The SMILES string of the molecule is CC1(C)CC2CC(C)(C(=O)NCCN)CC(c3ccccc3)(C2)C1. The lowest BCUT2D eigenvalue weighted by atomic mass is 9.47. The number of rotatable bonds is 4. The van der Waals surface area contributed by atoms with Crippen LogP contribution >= 0.6 is 0 Å². The Balaban J connectivity index is 1.96. The van der Waals surface area contributed by atoms with E-state index >= 15 is 0 Å². The lowest BCUT2D eigenvalue weighted by Gasteiger charge is -2.57. The minimum Gasteiger partial charge on any atom is -0.354 e. The van der Waals surface area contributed by atoms with Gasteiger partial charge in [0.1, 0.15) is 0 Å². The summed E-state index contributed by atoms with van der Waals surface area (Å²) >= 11 is 0. The van der Waals surface area contributed by atoms with E-state index in [2.05, 4.69) is 56.4 Å². The third kappa shape index (κ3) is 3.23. The van der Waals surface area contributed by atoms with Crippen LogP contribution in [0.25, 0.3) is 0 Å². The van der Waals surface area contributed by atoms with Crippen LogP contribution in [0.1, 0.15) is 58.4 Å². The fraction of sp³-hybridized carbons (Fsp3) is 0.667. The van der Waals surface area contributed by atoms with Gasteiger partial charge in [0.2, 0.25) is 5.91 Å². The highest BCUT2D eigenvalue weighted by molar-refractivity contribution is 5.82. The van der Waals surface area contributed by atoms with Crippen molar-refractivity contribution in [3.8, 4) is 0 Å². The standard InChI is InChI=1S/C21H32N2O/c1-19(2)11-16-12-20(3,18(24)23-10-9-22)15-21(13-16,14-19)17-7-5-4-6-8-17/h4-8,16H,9-15,22H2,1-3H3,(H,23,24). The lowest BCUT2D eigenvalue weighted by Crippen LogP contribution is -2.54. The molecule has 0 aromatic heterocycles. The number of hydrogen-bond acceptors (Lipinski definition) is 2. The third-order valence-electron chi connectivity index (χ3n) is 6.17. The van der Waals surface area contributed by atoms with Crippen molar-refractivity contribution in [2.75, 3.05) is 13.1 Å². The van der Waals surface area contributed by atoms with E-state index in [1.165, 1.54) is 24.8 Å². The Labute approximate surface area is 146 Å². The summed E-state index contributed by atoms with van der Waals surface area (Å²) in [5, 5.41) is 3.06. The highest BCUT2D eigenvalue weighted by Crippen LogP contribution is 2.61. The Hall–Kier alpha value is -1.35. The monoisotopic (exact) mass is 328 g/mol. The Morgan fingerprint density at radius 1 is 1.12 bits per heavy atom. The molecule has 3 N–H and O–H groups in total. The van der Waals surface area contributed by atoms with Gasteiger partial charge in [0.05, 0.1) is 0 Å². The van der Waals surface area contributed by atoms with Gasteiger partial charge >= 0.3 is 0 Å². The summed E-state index contributed by atoms with van der Waals surface area (Å²) in [7, 11) is 0. The van der Waals surface area contributed by atoms with Crippen LogP contribution in [-0.4, -0.2) is 19.0 Å². The van der Waals surface area contributed by atoms with E-state index in [0.717, 1.165) is 12.8 Å². The molecule has 1 aromatic rings.